The van der Waals surface area contributed by atoms with Crippen molar-refractivity contribution in [1.82, 2.24) is 14.7 Å². The summed E-state index contributed by atoms with van der Waals surface area (Å²) in [7, 11) is 3.60. The molecule has 0 aromatic heterocycles. The Morgan fingerprint density at radius 3 is 2.48 bits per heavy atom. The second-order valence-corrected chi connectivity index (χ2v) is 13.3. The third-order valence-electron chi connectivity index (χ3n) is 10.5. The van der Waals surface area contributed by atoms with Gasteiger partial charge in [-0.15, -0.1) is 0 Å². The van der Waals surface area contributed by atoms with Crippen LogP contribution < -0.4 is 0 Å². The number of likely N-dealkylation sites (N-methyl/N-ethyl adjacent to an activating group) is 1. The summed E-state index contributed by atoms with van der Waals surface area (Å²) in [6.45, 7) is 13.2. The summed E-state index contributed by atoms with van der Waals surface area (Å²) in [5, 5.41) is 0. The zero-order chi connectivity index (χ0) is 28.2. The molecule has 40 heavy (non-hydrogen) atoms. The van der Waals surface area contributed by atoms with Crippen molar-refractivity contribution in [1.29, 1.82) is 0 Å². The number of hydrogen-bond acceptors (Lipinski definition) is 8. The van der Waals surface area contributed by atoms with Crippen LogP contribution in [0.3, 0.4) is 0 Å². The van der Waals surface area contributed by atoms with Crippen LogP contribution >= 0.6 is 0 Å². The lowest BCUT2D eigenvalue weighted by atomic mass is 9.68. The zero-order valence-electron chi connectivity index (χ0n) is 24.8. The van der Waals surface area contributed by atoms with Crippen LogP contribution in [0.5, 0.6) is 0 Å². The lowest BCUT2D eigenvalue weighted by Crippen LogP contribution is -2.56. The van der Waals surface area contributed by atoms with E-state index < -0.39 is 0 Å². The molecule has 6 rings (SSSR count). The van der Waals surface area contributed by atoms with Crippen LogP contribution in [0.1, 0.15) is 40.0 Å². The first-order chi connectivity index (χ1) is 19.2. The van der Waals surface area contributed by atoms with Crippen LogP contribution in [0.25, 0.3) is 0 Å². The quantitative estimate of drug-likeness (QED) is 0.312. The molecule has 4 aliphatic heterocycles. The molecule has 6 fully saturated rings. The van der Waals surface area contributed by atoms with Crippen molar-refractivity contribution >= 4 is 12.0 Å². The summed E-state index contributed by atoms with van der Waals surface area (Å²) < 4.78 is 29.9. The van der Waals surface area contributed by atoms with E-state index in [9.17, 15) is 9.59 Å². The summed E-state index contributed by atoms with van der Waals surface area (Å²) in [6, 6.07) is 0. The van der Waals surface area contributed by atoms with Gasteiger partial charge in [0, 0.05) is 59.3 Å². The van der Waals surface area contributed by atoms with E-state index in [0.29, 0.717) is 26.1 Å². The van der Waals surface area contributed by atoms with Gasteiger partial charge in [0.2, 0.25) is 5.91 Å². The molecule has 0 bridgehead atoms. The number of carbonyl (C=O) groups excluding carboxylic acids is 2. The van der Waals surface area contributed by atoms with Crippen LogP contribution in [0.2, 0.25) is 0 Å². The van der Waals surface area contributed by atoms with E-state index in [1.54, 1.807) is 12.0 Å². The number of rotatable bonds is 9. The number of methoxy groups -OCH3 is 1. The van der Waals surface area contributed by atoms with Gasteiger partial charge in [-0.3, -0.25) is 9.69 Å². The maximum absolute atomic E-state index is 13.3. The van der Waals surface area contributed by atoms with E-state index in [0.717, 1.165) is 52.2 Å². The molecule has 2 aliphatic carbocycles. The normalized spacial score (nSPS) is 41.8. The highest BCUT2D eigenvalue weighted by atomic mass is 16.6. The summed E-state index contributed by atoms with van der Waals surface area (Å²) in [6.07, 6.45) is 3.83. The van der Waals surface area contributed by atoms with E-state index in [4.69, 9.17) is 23.7 Å². The van der Waals surface area contributed by atoms with Crippen molar-refractivity contribution in [3.8, 4) is 0 Å². The van der Waals surface area contributed by atoms with Crippen LogP contribution in [0.15, 0.2) is 11.6 Å². The fourth-order valence-corrected chi connectivity index (χ4v) is 7.80. The summed E-state index contributed by atoms with van der Waals surface area (Å²) in [4.78, 5) is 32.4. The highest BCUT2D eigenvalue weighted by molar-refractivity contribution is 5.83. The van der Waals surface area contributed by atoms with Crippen LogP contribution in [0.4, 0.5) is 4.79 Å². The number of nitrogens with zero attached hydrogens (tertiary/aromatic N) is 3. The molecule has 224 valence electrons. The number of morpholine rings is 1. The Labute approximate surface area is 238 Å². The van der Waals surface area contributed by atoms with E-state index in [-0.39, 0.29) is 65.2 Å². The minimum Gasteiger partial charge on any atom is -0.443 e. The number of fused-ring (bicyclic) bond motifs is 1. The number of ether oxygens (including phenoxy) is 5. The molecule has 1 spiro atoms. The first kappa shape index (κ1) is 28.4. The highest BCUT2D eigenvalue weighted by Gasteiger charge is 2.72. The lowest BCUT2D eigenvalue weighted by molar-refractivity contribution is -0.132. The van der Waals surface area contributed by atoms with Gasteiger partial charge in [-0.05, 0) is 51.9 Å². The molecule has 9 atom stereocenters. The third-order valence-corrected chi connectivity index (χ3v) is 10.5. The average molecular weight is 562 g/mol. The molecule has 0 N–H and O–H groups in total. The summed E-state index contributed by atoms with van der Waals surface area (Å²) in [5.41, 5.74) is 0.681. The Hall–Kier alpha value is -1.72. The smallest absolute Gasteiger partial charge is 0.410 e. The number of epoxide rings is 2. The number of likely N-dealkylation sites (tertiary alicyclic amines) is 1. The molecule has 4 saturated heterocycles. The van der Waals surface area contributed by atoms with Crippen molar-refractivity contribution in [3.63, 3.8) is 0 Å². The van der Waals surface area contributed by atoms with Crippen LogP contribution in [-0.2, 0) is 28.5 Å². The highest BCUT2D eigenvalue weighted by Crippen LogP contribution is 2.60. The van der Waals surface area contributed by atoms with Gasteiger partial charge in [0.25, 0.3) is 0 Å². The molecular formula is C30H47N3O7. The molecule has 1 unspecified atom stereocenters. The van der Waals surface area contributed by atoms with Crippen molar-refractivity contribution in [2.75, 3.05) is 73.2 Å². The molecular weight excluding hydrogens is 514 g/mol. The van der Waals surface area contributed by atoms with Gasteiger partial charge in [-0.1, -0.05) is 11.6 Å². The van der Waals surface area contributed by atoms with Crippen molar-refractivity contribution in [2.45, 2.75) is 69.5 Å². The number of carbonyl (C=O) groups is 2. The minimum absolute atomic E-state index is 0.00842. The second kappa shape index (κ2) is 10.8. The Balaban J connectivity index is 1.00. The van der Waals surface area contributed by atoms with Gasteiger partial charge in [0.1, 0.15) is 23.4 Å². The van der Waals surface area contributed by atoms with E-state index in [1.165, 1.54) is 5.57 Å². The predicted molar refractivity (Wildman–Crippen MR) is 147 cm³/mol. The number of allylic oxidation sites excluding steroid dienone is 1. The maximum atomic E-state index is 13.3. The Bertz CT molecular complexity index is 995. The van der Waals surface area contributed by atoms with Gasteiger partial charge < -0.3 is 33.5 Å². The van der Waals surface area contributed by atoms with Crippen molar-refractivity contribution in [3.05, 3.63) is 11.6 Å². The van der Waals surface area contributed by atoms with E-state index in [1.807, 2.05) is 11.9 Å². The Morgan fingerprint density at radius 2 is 1.85 bits per heavy atom. The molecule has 0 radical (unpaired) electrons. The van der Waals surface area contributed by atoms with Gasteiger partial charge in [-0.2, -0.15) is 0 Å². The molecule has 2 saturated carbocycles. The van der Waals surface area contributed by atoms with Gasteiger partial charge in [-0.25, -0.2) is 4.79 Å². The standard InChI is InChI=1S/C30H47N3O7/c1-19(2)6-7-23-29(3,40-23)26-25(36-5)22(8-9-30(26)18-38-30)39-28(35)33-16-20-21(17-33)24(20)27(34)31(4)10-11-32-12-14-37-15-13-32/h6,20-26H,7-18H2,1-5H3/t20-,21+,22-,23-,24+,25-,26?,29+,30+/m1/s1. The molecule has 2 amide bonds. The Kier molecular flexibility index (Phi) is 7.70. The Morgan fingerprint density at radius 1 is 1.15 bits per heavy atom. The van der Waals surface area contributed by atoms with E-state index >= 15 is 0 Å². The van der Waals surface area contributed by atoms with Crippen LogP contribution in [0, 0.1) is 23.7 Å². The largest absolute Gasteiger partial charge is 0.443 e. The van der Waals surface area contributed by atoms with Crippen molar-refractivity contribution < 1.29 is 33.3 Å². The SMILES string of the molecule is CO[C@H]1C([C@@]2(C)O[C@@H]2CC=C(C)C)[C@]2(CC[C@H]1OC(=O)N1C[C@@H]3[C@H](C1)[C@H]3C(=O)N(C)CCN1CCOCC1)CO2. The molecule has 6 aliphatic rings. The molecule has 0 aromatic carbocycles. The summed E-state index contributed by atoms with van der Waals surface area (Å²) >= 11 is 0. The maximum Gasteiger partial charge on any atom is 0.410 e. The lowest BCUT2D eigenvalue weighted by Gasteiger charge is -2.43. The number of hydrogen-bond donors (Lipinski definition) is 0. The van der Waals surface area contributed by atoms with Gasteiger partial charge in [0.05, 0.1) is 31.8 Å². The number of piperidine rings is 1. The van der Waals surface area contributed by atoms with Crippen LogP contribution in [-0.4, -0.2) is 129 Å². The molecule has 4 heterocycles. The second-order valence-electron chi connectivity index (χ2n) is 13.3. The monoisotopic (exact) mass is 561 g/mol. The van der Waals surface area contributed by atoms with E-state index in [2.05, 4.69) is 31.7 Å². The average Bonchev–Trinajstić information content (AvgIpc) is 3.91. The van der Waals surface area contributed by atoms with Gasteiger partial charge in [0.15, 0.2) is 0 Å². The van der Waals surface area contributed by atoms with Crippen molar-refractivity contribution in [2.24, 2.45) is 23.7 Å². The third kappa shape index (κ3) is 5.30. The molecule has 0 aromatic rings. The molecule has 10 nitrogen and oxygen atoms in total. The molecule has 10 heteroatoms. The predicted octanol–water partition coefficient (Wildman–Crippen LogP) is 2.17. The topological polar surface area (TPSA) is 96.6 Å². The summed E-state index contributed by atoms with van der Waals surface area (Å²) in [5.74, 6) is 0.720. The number of amides is 2. The fraction of sp³-hybridized carbons (Fsp3) is 0.867. The minimum atomic E-state index is -0.356. The zero-order valence-corrected chi connectivity index (χ0v) is 24.8. The fourth-order valence-electron chi connectivity index (χ4n) is 7.80. The first-order valence-electron chi connectivity index (χ1n) is 15.2. The van der Waals surface area contributed by atoms with Gasteiger partial charge >= 0.3 is 6.09 Å². The first-order valence-corrected chi connectivity index (χ1v) is 15.2.